The van der Waals surface area contributed by atoms with Gasteiger partial charge in [-0.05, 0) is 36.1 Å². The molecule has 8 nitrogen and oxygen atoms in total. The number of allylic oxidation sites excluding steroid dienone is 1. The first-order valence-corrected chi connectivity index (χ1v) is 11.1. The fourth-order valence-electron chi connectivity index (χ4n) is 4.26. The van der Waals surface area contributed by atoms with Gasteiger partial charge in [0, 0.05) is 29.9 Å². The third kappa shape index (κ3) is 4.41. The van der Waals surface area contributed by atoms with Gasteiger partial charge in [-0.15, -0.1) is 0 Å². The van der Waals surface area contributed by atoms with E-state index in [0.29, 0.717) is 36.3 Å². The van der Waals surface area contributed by atoms with Crippen LogP contribution in [0.3, 0.4) is 0 Å². The Bertz CT molecular complexity index is 1330. The molecule has 3 aliphatic heterocycles. The number of fused-ring (bicyclic) bond motifs is 1. The van der Waals surface area contributed by atoms with E-state index in [4.69, 9.17) is 15.0 Å². The van der Waals surface area contributed by atoms with Gasteiger partial charge >= 0.3 is 0 Å². The van der Waals surface area contributed by atoms with Crippen molar-refractivity contribution in [2.45, 2.75) is 38.5 Å². The van der Waals surface area contributed by atoms with E-state index in [1.807, 2.05) is 0 Å². The fraction of sp³-hybridized carbons (Fsp3) is 0.346. The molecular weight excluding hydrogens is 434 g/mol. The quantitative estimate of drug-likeness (QED) is 0.708. The van der Waals surface area contributed by atoms with Gasteiger partial charge in [0.05, 0.1) is 18.6 Å². The maximum Gasteiger partial charge on any atom is 0.255 e. The maximum atomic E-state index is 13.1. The molecule has 1 N–H and O–H groups in total. The first-order chi connectivity index (χ1) is 18.1. The molecule has 0 spiro atoms. The summed E-state index contributed by atoms with van der Waals surface area (Å²) in [5.74, 6) is -0.794. The highest BCUT2D eigenvalue weighted by molar-refractivity contribution is 6.02. The molecular formula is C26H27N3O5. The van der Waals surface area contributed by atoms with E-state index in [2.05, 4.69) is 11.9 Å². The Morgan fingerprint density at radius 1 is 1.21 bits per heavy atom. The number of ether oxygens (including phenoxy) is 2. The van der Waals surface area contributed by atoms with Crippen LogP contribution in [0, 0.1) is 0 Å². The van der Waals surface area contributed by atoms with Gasteiger partial charge in [0.15, 0.2) is 0 Å². The Morgan fingerprint density at radius 3 is 2.85 bits per heavy atom. The molecule has 0 bridgehead atoms. The molecule has 2 saturated heterocycles. The van der Waals surface area contributed by atoms with Crippen LogP contribution < -0.4 is 10.1 Å². The Hall–Kier alpha value is -3.65. The van der Waals surface area contributed by atoms with Gasteiger partial charge in [-0.2, -0.15) is 0 Å². The van der Waals surface area contributed by atoms with Gasteiger partial charge in [-0.1, -0.05) is 36.9 Å². The molecule has 3 aliphatic rings. The average molecular weight is 466 g/mol. The predicted molar refractivity (Wildman–Crippen MR) is 124 cm³/mol. The monoisotopic (exact) mass is 465 g/mol. The lowest BCUT2D eigenvalue weighted by Gasteiger charge is -2.31. The number of rotatable bonds is 6. The summed E-state index contributed by atoms with van der Waals surface area (Å²) in [6.45, 7) is 0.833. The predicted octanol–water partition coefficient (Wildman–Crippen LogP) is 2.37. The van der Waals surface area contributed by atoms with Crippen LogP contribution in [0.5, 0.6) is 5.75 Å². The van der Waals surface area contributed by atoms with Crippen molar-refractivity contribution in [1.82, 2.24) is 15.1 Å². The smallest absolute Gasteiger partial charge is 0.255 e. The highest BCUT2D eigenvalue weighted by Crippen LogP contribution is 2.34. The third-order valence-electron chi connectivity index (χ3n) is 6.08. The number of piperidine rings is 1. The van der Waals surface area contributed by atoms with E-state index in [9.17, 15) is 14.4 Å². The van der Waals surface area contributed by atoms with Crippen LogP contribution in [0.4, 0.5) is 0 Å². The summed E-state index contributed by atoms with van der Waals surface area (Å²) in [6.07, 6.45) is 1.01. The molecule has 2 unspecified atom stereocenters. The second kappa shape index (κ2) is 9.30. The zero-order valence-electron chi connectivity index (χ0n) is 22.5. The summed E-state index contributed by atoms with van der Waals surface area (Å²) >= 11 is 0. The van der Waals surface area contributed by atoms with Crippen LogP contribution >= 0.6 is 0 Å². The van der Waals surface area contributed by atoms with Crippen molar-refractivity contribution in [3.63, 3.8) is 0 Å². The fourth-order valence-corrected chi connectivity index (χ4v) is 4.26. The Kier molecular flexibility index (Phi) is 4.86. The molecule has 3 amide bonds. The summed E-state index contributed by atoms with van der Waals surface area (Å²) in [7, 11) is 0. The highest BCUT2D eigenvalue weighted by Gasteiger charge is 2.39. The van der Waals surface area contributed by atoms with Crippen molar-refractivity contribution < 1.29 is 29.3 Å². The molecule has 3 heterocycles. The number of benzene rings is 2. The topological polar surface area (TPSA) is 88.2 Å². The maximum absolute atomic E-state index is 13.1. The minimum Gasteiger partial charge on any atom is -0.489 e. The van der Waals surface area contributed by atoms with Crippen molar-refractivity contribution in [2.24, 2.45) is 0 Å². The summed E-state index contributed by atoms with van der Waals surface area (Å²) in [5, 5.41) is 2.69. The lowest BCUT2D eigenvalue weighted by molar-refractivity contribution is -0.143. The number of nitrogens with zero attached hydrogens (tertiary/aromatic N) is 2. The van der Waals surface area contributed by atoms with Crippen LogP contribution in [0.25, 0.3) is 0 Å². The number of carbonyl (C=O) groups excluding carboxylic acids is 3. The average Bonchev–Trinajstić information content (AvgIpc) is 3.21. The Balaban J connectivity index is 1.36. The zero-order chi connectivity index (χ0) is 27.2. The molecule has 2 atom stereocenters. The van der Waals surface area contributed by atoms with Gasteiger partial charge in [0.25, 0.3) is 5.91 Å². The summed E-state index contributed by atoms with van der Waals surface area (Å²) in [4.78, 5) is 40.5. The van der Waals surface area contributed by atoms with Gasteiger partial charge < -0.3 is 24.6 Å². The molecule has 0 radical (unpaired) electrons. The molecule has 0 aromatic heterocycles. The van der Waals surface area contributed by atoms with Crippen LogP contribution in [0.1, 0.15) is 45.4 Å². The second-order valence-corrected chi connectivity index (χ2v) is 8.37. The third-order valence-corrected chi connectivity index (χ3v) is 6.08. The largest absolute Gasteiger partial charge is 0.489 e. The SMILES string of the molecule is [2H]c1cc(C([2H])([2H])Oc2cccc3c2CN(C2CCC(=C)NC2=O)C3=O)ccc1C([2H])N1CCOCC1=O. The molecule has 2 fully saturated rings. The summed E-state index contributed by atoms with van der Waals surface area (Å²) in [5.41, 5.74) is 1.75. The zero-order valence-corrected chi connectivity index (χ0v) is 18.5. The minimum atomic E-state index is -2.37. The molecule has 0 aliphatic carbocycles. The molecule has 2 aromatic carbocycles. The van der Waals surface area contributed by atoms with Gasteiger partial charge in [0.2, 0.25) is 11.8 Å². The normalized spacial score (nSPS) is 23.5. The Morgan fingerprint density at radius 2 is 2.06 bits per heavy atom. The summed E-state index contributed by atoms with van der Waals surface area (Å²) < 4.78 is 44.9. The Labute approximate surface area is 203 Å². The van der Waals surface area contributed by atoms with Crippen LogP contribution in [0.2, 0.25) is 0 Å². The van der Waals surface area contributed by atoms with Gasteiger partial charge in [0.1, 0.15) is 25.0 Å². The summed E-state index contributed by atoms with van der Waals surface area (Å²) in [6, 6.07) is 8.20. The first kappa shape index (κ1) is 17.8. The second-order valence-electron chi connectivity index (χ2n) is 8.37. The van der Waals surface area contributed by atoms with E-state index < -0.39 is 19.1 Å². The molecule has 2 aromatic rings. The lowest BCUT2D eigenvalue weighted by atomic mass is 10.0. The lowest BCUT2D eigenvalue weighted by Crippen LogP contribution is -2.49. The van der Waals surface area contributed by atoms with Crippen LogP contribution in [0.15, 0.2) is 54.7 Å². The molecule has 0 saturated carbocycles. The van der Waals surface area contributed by atoms with E-state index in [0.717, 1.165) is 0 Å². The minimum absolute atomic E-state index is 0.0516. The van der Waals surface area contributed by atoms with Gasteiger partial charge in [-0.3, -0.25) is 14.4 Å². The molecule has 8 heteroatoms. The van der Waals surface area contributed by atoms with Crippen molar-refractivity contribution >= 4 is 17.7 Å². The van der Waals surface area contributed by atoms with Gasteiger partial charge in [-0.25, -0.2) is 0 Å². The van der Waals surface area contributed by atoms with Crippen molar-refractivity contribution in [1.29, 1.82) is 0 Å². The van der Waals surface area contributed by atoms with Crippen molar-refractivity contribution in [3.05, 3.63) is 77.0 Å². The number of amides is 3. The molecule has 176 valence electrons. The van der Waals surface area contributed by atoms with E-state index >= 15 is 0 Å². The number of carbonyl (C=O) groups is 3. The highest BCUT2D eigenvalue weighted by atomic mass is 16.5. The van der Waals surface area contributed by atoms with Crippen LogP contribution in [-0.2, 0) is 34.0 Å². The van der Waals surface area contributed by atoms with Crippen molar-refractivity contribution in [3.8, 4) is 5.75 Å². The number of morpholine rings is 1. The van der Waals surface area contributed by atoms with E-state index in [1.165, 1.54) is 28.0 Å². The number of nitrogens with one attached hydrogen (secondary N) is 1. The van der Waals surface area contributed by atoms with Crippen LogP contribution in [-0.4, -0.2) is 53.3 Å². The first-order valence-electron chi connectivity index (χ1n) is 13.2. The van der Waals surface area contributed by atoms with E-state index in [-0.39, 0.29) is 60.3 Å². The molecule has 34 heavy (non-hydrogen) atoms. The molecule has 5 rings (SSSR count). The van der Waals surface area contributed by atoms with E-state index in [1.54, 1.807) is 18.2 Å². The standard InChI is InChI=1S/C26H27N3O5/c1-17-5-10-22(25(31)27-17)29-14-21-20(26(29)32)3-2-4-23(21)34-15-19-8-6-18(7-9-19)13-28-11-12-33-16-24(28)30/h2-4,6-9,22H,1,5,10-16H2,(H,27,31)/i6D,13D,15D2. The number of hydrogen-bond acceptors (Lipinski definition) is 5. The van der Waals surface area contributed by atoms with Crippen molar-refractivity contribution in [2.75, 3.05) is 19.8 Å². The number of hydrogen-bond donors (Lipinski definition) is 1.